The summed E-state index contributed by atoms with van der Waals surface area (Å²) in [5.74, 6) is -0.550. The van der Waals surface area contributed by atoms with Crippen LogP contribution in [0.1, 0.15) is 27.7 Å². The van der Waals surface area contributed by atoms with Gasteiger partial charge in [-0.15, -0.1) is 0 Å². The summed E-state index contributed by atoms with van der Waals surface area (Å²) in [5, 5.41) is 9.25. The Balaban J connectivity index is 1.96. The summed E-state index contributed by atoms with van der Waals surface area (Å²) in [6.45, 7) is 6.88. The number of halogens is 2. The zero-order chi connectivity index (χ0) is 27.1. The van der Waals surface area contributed by atoms with Gasteiger partial charge in [-0.3, -0.25) is 4.79 Å². The highest BCUT2D eigenvalue weighted by Crippen LogP contribution is 2.33. The number of carbonyl (C=O) groups excluding carboxylic acids is 2. The normalized spacial score (nSPS) is 13.4. The molecule has 0 aliphatic rings. The van der Waals surface area contributed by atoms with E-state index in [0.29, 0.717) is 21.4 Å². The quantitative estimate of drug-likeness (QED) is 0.325. The van der Waals surface area contributed by atoms with Crippen molar-refractivity contribution in [1.82, 2.24) is 15.0 Å². The number of aromatic nitrogens is 1. The number of hydrogen-bond acceptors (Lipinski definition) is 8. The van der Waals surface area contributed by atoms with Crippen molar-refractivity contribution >= 4 is 56.5 Å². The number of pyridine rings is 1. The third-order valence-corrected chi connectivity index (χ3v) is 7.23. The monoisotopic (exact) mass is 559 g/mol. The van der Waals surface area contributed by atoms with Crippen LogP contribution in [0.15, 0.2) is 41.6 Å². The van der Waals surface area contributed by atoms with Gasteiger partial charge in [-0.25, -0.2) is 22.9 Å². The Morgan fingerprint density at radius 1 is 1.11 bits per heavy atom. The number of benzene rings is 1. The first-order chi connectivity index (χ1) is 16.7. The van der Waals surface area contributed by atoms with Crippen molar-refractivity contribution in [3.8, 4) is 0 Å². The Morgan fingerprint density at radius 3 is 2.31 bits per heavy atom. The summed E-state index contributed by atoms with van der Waals surface area (Å²) in [7, 11) is -2.22. The number of anilines is 2. The first-order valence-electron chi connectivity index (χ1n) is 11.1. The fraction of sp³-hybridized carbons (Fsp3) is 0.435. The van der Waals surface area contributed by atoms with Crippen LogP contribution in [0.2, 0.25) is 10.0 Å². The zero-order valence-electron chi connectivity index (χ0n) is 20.7. The van der Waals surface area contributed by atoms with E-state index in [9.17, 15) is 18.0 Å². The Hall–Kier alpha value is -2.60. The Morgan fingerprint density at radius 2 is 1.75 bits per heavy atom. The smallest absolute Gasteiger partial charge is 0.408 e. The second kappa shape index (κ2) is 12.6. The molecular formula is C23H31Cl2N5O5S. The van der Waals surface area contributed by atoms with Crippen LogP contribution >= 0.6 is 23.2 Å². The Kier molecular flexibility index (Phi) is 10.4. The second-order valence-electron chi connectivity index (χ2n) is 9.03. The molecular weight excluding hydrogens is 529 g/mol. The number of nitrogens with one attached hydrogen (secondary N) is 4. The lowest BCUT2D eigenvalue weighted by Crippen LogP contribution is -2.47. The highest BCUT2D eigenvalue weighted by atomic mass is 35.5. The number of hydrogen-bond donors (Lipinski definition) is 4. The van der Waals surface area contributed by atoms with E-state index in [0.717, 1.165) is 0 Å². The summed E-state index contributed by atoms with van der Waals surface area (Å²) in [5.41, 5.74) is 0.939. The molecule has 1 aromatic heterocycles. The number of amides is 1. The van der Waals surface area contributed by atoms with Crippen molar-refractivity contribution in [3.63, 3.8) is 0 Å². The molecule has 0 aliphatic carbocycles. The van der Waals surface area contributed by atoms with Gasteiger partial charge in [-0.1, -0.05) is 50.0 Å². The molecule has 2 aromatic rings. The van der Waals surface area contributed by atoms with E-state index >= 15 is 0 Å². The van der Waals surface area contributed by atoms with E-state index in [2.05, 4.69) is 25.7 Å². The molecule has 2 rings (SSSR count). The van der Waals surface area contributed by atoms with Gasteiger partial charge in [0.05, 0.1) is 40.6 Å². The van der Waals surface area contributed by atoms with E-state index in [-0.39, 0.29) is 11.6 Å². The van der Waals surface area contributed by atoms with Crippen LogP contribution in [-0.2, 0) is 19.6 Å². The lowest BCUT2D eigenvalue weighted by atomic mass is 9.89. The predicted molar refractivity (Wildman–Crippen MR) is 141 cm³/mol. The molecule has 10 nitrogen and oxygen atoms in total. The number of carbonyl (C=O) groups is 2. The minimum atomic E-state index is -3.96. The minimum Gasteiger partial charge on any atom is -0.444 e. The van der Waals surface area contributed by atoms with Crippen LogP contribution in [0.25, 0.3) is 0 Å². The SMILES string of the molecule is CNc1cc(Cl)c(Cl)cc1NC[C@@H](OC(=O)N[C@@H](C)C(=O)CNS(=O)(=O)c1ccccn1)C(C)(C)C. The van der Waals surface area contributed by atoms with Gasteiger partial charge in [0.1, 0.15) is 6.10 Å². The van der Waals surface area contributed by atoms with Crippen molar-refractivity contribution in [2.75, 3.05) is 30.8 Å². The number of Topliss-reactive ketones (excluding diaryl/α,β-unsaturated/α-hetero) is 1. The maximum atomic E-state index is 12.6. The topological polar surface area (TPSA) is 139 Å². The summed E-state index contributed by atoms with van der Waals surface area (Å²) < 4.78 is 32.3. The lowest BCUT2D eigenvalue weighted by Gasteiger charge is -2.31. The third-order valence-electron chi connectivity index (χ3n) is 5.19. The molecule has 0 bridgehead atoms. The predicted octanol–water partition coefficient (Wildman–Crippen LogP) is 3.92. The maximum absolute atomic E-state index is 12.6. The third kappa shape index (κ3) is 8.51. The van der Waals surface area contributed by atoms with E-state index in [1.807, 2.05) is 20.8 Å². The molecule has 0 radical (unpaired) electrons. The largest absolute Gasteiger partial charge is 0.444 e. The van der Waals surface area contributed by atoms with Crippen molar-refractivity contribution < 1.29 is 22.7 Å². The average molecular weight is 561 g/mol. The summed E-state index contributed by atoms with van der Waals surface area (Å²) >= 11 is 12.2. The van der Waals surface area contributed by atoms with Crippen molar-refractivity contribution in [3.05, 3.63) is 46.6 Å². The molecule has 0 spiro atoms. The Labute approximate surface area is 221 Å². The van der Waals surface area contributed by atoms with Gasteiger partial charge >= 0.3 is 6.09 Å². The van der Waals surface area contributed by atoms with Crippen LogP contribution in [0.5, 0.6) is 0 Å². The van der Waals surface area contributed by atoms with E-state index in [1.165, 1.54) is 25.3 Å². The van der Waals surface area contributed by atoms with Crippen LogP contribution in [-0.4, -0.2) is 57.6 Å². The van der Waals surface area contributed by atoms with E-state index in [4.69, 9.17) is 27.9 Å². The highest BCUT2D eigenvalue weighted by molar-refractivity contribution is 7.89. The van der Waals surface area contributed by atoms with Crippen LogP contribution < -0.4 is 20.7 Å². The molecule has 0 aliphatic heterocycles. The molecule has 198 valence electrons. The lowest BCUT2D eigenvalue weighted by molar-refractivity contribution is -0.119. The van der Waals surface area contributed by atoms with Crippen LogP contribution in [0.4, 0.5) is 16.2 Å². The molecule has 1 amide bonds. The van der Waals surface area contributed by atoms with E-state index in [1.54, 1.807) is 25.2 Å². The first-order valence-corrected chi connectivity index (χ1v) is 13.3. The maximum Gasteiger partial charge on any atom is 0.408 e. The van der Waals surface area contributed by atoms with Gasteiger partial charge in [0.25, 0.3) is 10.0 Å². The second-order valence-corrected chi connectivity index (χ2v) is 11.6. The number of ether oxygens (including phenoxy) is 1. The van der Waals surface area contributed by atoms with Gasteiger partial charge in [-0.05, 0) is 31.2 Å². The molecule has 0 saturated carbocycles. The van der Waals surface area contributed by atoms with Gasteiger partial charge in [-0.2, -0.15) is 0 Å². The number of sulfonamides is 1. The molecule has 13 heteroatoms. The molecule has 0 fully saturated rings. The fourth-order valence-electron chi connectivity index (χ4n) is 2.95. The van der Waals surface area contributed by atoms with Gasteiger partial charge < -0.3 is 20.7 Å². The fourth-order valence-corrected chi connectivity index (χ4v) is 4.21. The number of alkyl carbamates (subject to hydrolysis) is 1. The van der Waals surface area contributed by atoms with Gasteiger partial charge in [0.15, 0.2) is 10.8 Å². The standard InChI is InChI=1S/C23H31Cl2N5O5S/c1-14(19(31)12-29-36(33,34)21-8-6-7-9-27-21)30-22(32)35-20(23(2,3)4)13-28-18-11-16(25)15(24)10-17(18)26-5/h6-11,14,20,26,28-29H,12-13H2,1-5H3,(H,30,32)/t14-,20+/m0/s1. The number of nitrogens with zero attached hydrogens (tertiary/aromatic N) is 1. The minimum absolute atomic E-state index is 0.207. The summed E-state index contributed by atoms with van der Waals surface area (Å²) in [6, 6.07) is 6.76. The van der Waals surface area contributed by atoms with E-state index < -0.39 is 46.0 Å². The van der Waals surface area contributed by atoms with Gasteiger partial charge in [0, 0.05) is 18.7 Å². The van der Waals surface area contributed by atoms with Crippen LogP contribution in [0, 0.1) is 5.41 Å². The van der Waals surface area contributed by atoms with Crippen molar-refractivity contribution in [2.24, 2.45) is 5.41 Å². The highest BCUT2D eigenvalue weighted by Gasteiger charge is 2.30. The Bertz CT molecular complexity index is 1170. The summed E-state index contributed by atoms with van der Waals surface area (Å²) in [6.07, 6.45) is -0.0761. The molecule has 0 unspecified atom stereocenters. The average Bonchev–Trinajstić information content (AvgIpc) is 2.81. The molecule has 4 N–H and O–H groups in total. The summed E-state index contributed by atoms with van der Waals surface area (Å²) in [4.78, 5) is 28.7. The molecule has 0 saturated heterocycles. The zero-order valence-corrected chi connectivity index (χ0v) is 23.0. The molecule has 1 aromatic carbocycles. The molecule has 2 atom stereocenters. The number of ketones is 1. The van der Waals surface area contributed by atoms with Crippen molar-refractivity contribution in [1.29, 1.82) is 0 Å². The first kappa shape index (κ1) is 29.6. The molecule has 36 heavy (non-hydrogen) atoms. The van der Waals surface area contributed by atoms with Gasteiger partial charge in [0.2, 0.25) is 0 Å². The number of rotatable bonds is 11. The van der Waals surface area contributed by atoms with Crippen molar-refractivity contribution in [2.45, 2.75) is 44.9 Å². The molecule has 1 heterocycles. The van der Waals surface area contributed by atoms with Crippen LogP contribution in [0.3, 0.4) is 0 Å².